The van der Waals surface area contributed by atoms with E-state index in [-0.39, 0.29) is 24.5 Å². The molecule has 102 valence electrons. The zero-order chi connectivity index (χ0) is 14.0. The topological polar surface area (TPSA) is 69.6 Å². The summed E-state index contributed by atoms with van der Waals surface area (Å²) in [4.78, 5) is 24.2. The van der Waals surface area contributed by atoms with Crippen LogP contribution in [0.25, 0.3) is 0 Å². The standard InChI is InChI=1S/C13H15BrN2O3/c1-8(6-12(17)18)16-7-11(15-13(16)19)9-4-2-3-5-10(9)14/h2-5,8,11H,6-7H2,1H3,(H,15,19)(H,17,18). The molecule has 6 heteroatoms. The minimum atomic E-state index is -0.898. The first-order valence-electron chi connectivity index (χ1n) is 6.02. The smallest absolute Gasteiger partial charge is 0.318 e. The first-order chi connectivity index (χ1) is 8.99. The Balaban J connectivity index is 2.11. The zero-order valence-corrected chi connectivity index (χ0v) is 12.1. The van der Waals surface area contributed by atoms with E-state index in [1.807, 2.05) is 24.3 Å². The molecule has 1 fully saturated rings. The van der Waals surface area contributed by atoms with Gasteiger partial charge < -0.3 is 15.3 Å². The summed E-state index contributed by atoms with van der Waals surface area (Å²) < 4.78 is 0.938. The van der Waals surface area contributed by atoms with Gasteiger partial charge in [0.15, 0.2) is 0 Å². The van der Waals surface area contributed by atoms with Gasteiger partial charge in [0.1, 0.15) is 0 Å². The highest BCUT2D eigenvalue weighted by molar-refractivity contribution is 9.10. The number of urea groups is 1. The van der Waals surface area contributed by atoms with Crippen molar-refractivity contribution < 1.29 is 14.7 Å². The summed E-state index contributed by atoms with van der Waals surface area (Å²) in [7, 11) is 0. The number of carbonyl (C=O) groups is 2. The van der Waals surface area contributed by atoms with Crippen molar-refractivity contribution in [1.29, 1.82) is 0 Å². The number of nitrogens with zero attached hydrogens (tertiary/aromatic N) is 1. The van der Waals surface area contributed by atoms with Gasteiger partial charge in [0.05, 0.1) is 12.5 Å². The molecule has 2 rings (SSSR count). The summed E-state index contributed by atoms with van der Waals surface area (Å²) in [6.07, 6.45) is -0.0455. The van der Waals surface area contributed by atoms with E-state index in [1.165, 1.54) is 0 Å². The Morgan fingerprint density at radius 2 is 2.26 bits per heavy atom. The highest BCUT2D eigenvalue weighted by Crippen LogP contribution is 2.28. The van der Waals surface area contributed by atoms with E-state index < -0.39 is 5.97 Å². The molecule has 0 saturated carbocycles. The lowest BCUT2D eigenvalue weighted by molar-refractivity contribution is -0.137. The molecule has 1 heterocycles. The lowest BCUT2D eigenvalue weighted by Gasteiger charge is -2.21. The molecule has 2 amide bonds. The van der Waals surface area contributed by atoms with Crippen molar-refractivity contribution >= 4 is 27.9 Å². The maximum Gasteiger partial charge on any atom is 0.318 e. The maximum atomic E-state index is 11.9. The van der Waals surface area contributed by atoms with Crippen LogP contribution in [0.5, 0.6) is 0 Å². The average Bonchev–Trinajstić information content (AvgIpc) is 2.71. The van der Waals surface area contributed by atoms with E-state index in [0.717, 1.165) is 10.0 Å². The van der Waals surface area contributed by atoms with Crippen LogP contribution in [0.3, 0.4) is 0 Å². The minimum Gasteiger partial charge on any atom is -0.481 e. The summed E-state index contributed by atoms with van der Waals surface area (Å²) in [5, 5.41) is 11.7. The van der Waals surface area contributed by atoms with E-state index in [4.69, 9.17) is 5.11 Å². The molecule has 1 aromatic rings. The van der Waals surface area contributed by atoms with Crippen molar-refractivity contribution in [3.05, 3.63) is 34.3 Å². The molecule has 0 spiro atoms. The number of halogens is 1. The van der Waals surface area contributed by atoms with Crippen molar-refractivity contribution in [1.82, 2.24) is 10.2 Å². The van der Waals surface area contributed by atoms with Gasteiger partial charge in [-0.2, -0.15) is 0 Å². The van der Waals surface area contributed by atoms with E-state index in [1.54, 1.807) is 11.8 Å². The fraction of sp³-hybridized carbons (Fsp3) is 0.385. The molecule has 2 N–H and O–H groups in total. The number of carbonyl (C=O) groups excluding carboxylic acids is 1. The molecule has 19 heavy (non-hydrogen) atoms. The zero-order valence-electron chi connectivity index (χ0n) is 10.5. The average molecular weight is 327 g/mol. The highest BCUT2D eigenvalue weighted by Gasteiger charge is 2.34. The van der Waals surface area contributed by atoms with Crippen molar-refractivity contribution in [2.24, 2.45) is 0 Å². The molecule has 1 aliphatic rings. The van der Waals surface area contributed by atoms with E-state index in [0.29, 0.717) is 6.54 Å². The first-order valence-corrected chi connectivity index (χ1v) is 6.81. The van der Waals surface area contributed by atoms with Crippen LogP contribution in [0.15, 0.2) is 28.7 Å². The Morgan fingerprint density at radius 3 is 2.89 bits per heavy atom. The van der Waals surface area contributed by atoms with E-state index in [2.05, 4.69) is 21.2 Å². The van der Waals surface area contributed by atoms with Crippen LogP contribution >= 0.6 is 15.9 Å². The van der Waals surface area contributed by atoms with E-state index in [9.17, 15) is 9.59 Å². The lowest BCUT2D eigenvalue weighted by Crippen LogP contribution is -2.37. The number of benzene rings is 1. The number of aliphatic carboxylic acids is 1. The van der Waals surface area contributed by atoms with Crippen LogP contribution in [0.4, 0.5) is 4.79 Å². The second-order valence-electron chi connectivity index (χ2n) is 4.62. The van der Waals surface area contributed by atoms with Crippen LogP contribution in [-0.4, -0.2) is 34.6 Å². The van der Waals surface area contributed by atoms with Crippen LogP contribution in [0, 0.1) is 0 Å². The minimum absolute atomic E-state index is 0.0455. The van der Waals surface area contributed by atoms with E-state index >= 15 is 0 Å². The molecule has 0 aromatic heterocycles. The Labute approximate surface area is 119 Å². The first kappa shape index (κ1) is 13.9. The maximum absolute atomic E-state index is 11.9. The summed E-state index contributed by atoms with van der Waals surface area (Å²) in [6.45, 7) is 2.23. The third kappa shape index (κ3) is 3.07. The highest BCUT2D eigenvalue weighted by atomic mass is 79.9. The molecule has 0 aliphatic carbocycles. The molecular weight excluding hydrogens is 312 g/mol. The van der Waals surface area contributed by atoms with Gasteiger partial charge >= 0.3 is 12.0 Å². The van der Waals surface area contributed by atoms with Gasteiger partial charge in [0, 0.05) is 17.1 Å². The fourth-order valence-electron chi connectivity index (χ4n) is 2.23. The summed E-state index contributed by atoms with van der Waals surface area (Å²) in [5.74, 6) is -0.898. The molecule has 1 saturated heterocycles. The number of carboxylic acid groups (broad SMARTS) is 1. The van der Waals surface area contributed by atoms with Crippen molar-refractivity contribution in [3.63, 3.8) is 0 Å². The monoisotopic (exact) mass is 326 g/mol. The van der Waals surface area contributed by atoms with Crippen LogP contribution < -0.4 is 5.32 Å². The molecular formula is C13H15BrN2O3. The number of hydrogen-bond donors (Lipinski definition) is 2. The predicted octanol–water partition coefficient (Wildman–Crippen LogP) is 2.38. The van der Waals surface area contributed by atoms with Crippen molar-refractivity contribution in [3.8, 4) is 0 Å². The van der Waals surface area contributed by atoms with Gasteiger partial charge in [-0.15, -0.1) is 0 Å². The van der Waals surface area contributed by atoms with Crippen LogP contribution in [0.1, 0.15) is 24.9 Å². The van der Waals surface area contributed by atoms with Gasteiger partial charge in [-0.3, -0.25) is 4.79 Å². The van der Waals surface area contributed by atoms with Crippen LogP contribution in [0.2, 0.25) is 0 Å². The number of hydrogen-bond acceptors (Lipinski definition) is 2. The number of nitrogens with one attached hydrogen (secondary N) is 1. The third-order valence-electron chi connectivity index (χ3n) is 3.22. The predicted molar refractivity (Wildman–Crippen MR) is 73.8 cm³/mol. The SMILES string of the molecule is CC(CC(=O)O)N1CC(c2ccccc2Br)NC1=O. The molecule has 0 radical (unpaired) electrons. The Hall–Kier alpha value is -1.56. The number of rotatable bonds is 4. The molecule has 0 bridgehead atoms. The number of amides is 2. The quantitative estimate of drug-likeness (QED) is 0.892. The van der Waals surface area contributed by atoms with Crippen LogP contribution in [-0.2, 0) is 4.79 Å². The molecule has 1 aromatic carbocycles. The summed E-state index contributed by atoms with van der Waals surface area (Å²) in [6, 6.07) is 7.05. The van der Waals surface area contributed by atoms with Crippen molar-refractivity contribution in [2.75, 3.05) is 6.54 Å². The largest absolute Gasteiger partial charge is 0.481 e. The summed E-state index contributed by atoms with van der Waals surface area (Å²) >= 11 is 3.46. The molecule has 1 aliphatic heterocycles. The molecule has 5 nitrogen and oxygen atoms in total. The van der Waals surface area contributed by atoms with Gasteiger partial charge in [-0.25, -0.2) is 4.79 Å². The second kappa shape index (κ2) is 5.61. The van der Waals surface area contributed by atoms with Gasteiger partial charge in [-0.05, 0) is 18.6 Å². The Bertz CT molecular complexity index is 506. The third-order valence-corrected chi connectivity index (χ3v) is 3.94. The normalized spacial score (nSPS) is 20.2. The van der Waals surface area contributed by atoms with Gasteiger partial charge in [0.2, 0.25) is 0 Å². The second-order valence-corrected chi connectivity index (χ2v) is 5.48. The van der Waals surface area contributed by atoms with Crippen molar-refractivity contribution in [2.45, 2.75) is 25.4 Å². The Kier molecular flexibility index (Phi) is 4.09. The van der Waals surface area contributed by atoms with Gasteiger partial charge in [-0.1, -0.05) is 34.1 Å². The fourth-order valence-corrected chi connectivity index (χ4v) is 2.80. The molecule has 2 atom stereocenters. The number of carboxylic acids is 1. The summed E-state index contributed by atoms with van der Waals surface area (Å²) in [5.41, 5.74) is 1.00. The molecule has 2 unspecified atom stereocenters. The lowest BCUT2D eigenvalue weighted by atomic mass is 10.1. The Morgan fingerprint density at radius 1 is 1.58 bits per heavy atom. The van der Waals surface area contributed by atoms with Gasteiger partial charge in [0.25, 0.3) is 0 Å².